The van der Waals surface area contributed by atoms with Gasteiger partial charge < -0.3 is 5.11 Å². The van der Waals surface area contributed by atoms with Crippen molar-refractivity contribution < 1.29 is 5.11 Å². The Balaban J connectivity index is 0.000000461. The summed E-state index contributed by atoms with van der Waals surface area (Å²) in [5.41, 5.74) is 1.01. The Morgan fingerprint density at radius 1 is 1.27 bits per heavy atom. The average Bonchev–Trinajstić information content (AvgIpc) is 2.09. The van der Waals surface area contributed by atoms with Crippen molar-refractivity contribution in [1.29, 1.82) is 0 Å². The summed E-state index contributed by atoms with van der Waals surface area (Å²) in [6.07, 6.45) is 0.896. The minimum absolute atomic E-state index is 0.403. The number of aryl methyl sites for hydroxylation is 1. The third kappa shape index (κ3) is 2.89. The van der Waals surface area contributed by atoms with Gasteiger partial charge in [0.2, 0.25) is 0 Å². The first kappa shape index (κ1) is 9.76. The highest BCUT2D eigenvalue weighted by Crippen LogP contribution is 2.14. The predicted molar refractivity (Wildman–Crippen MR) is 48.7 cm³/mol. The molecule has 1 aromatic rings. The lowest BCUT2D eigenvalue weighted by atomic mass is 10.1. The van der Waals surface area contributed by atoms with E-state index in [1.807, 2.05) is 25.1 Å². The van der Waals surface area contributed by atoms with E-state index in [2.05, 4.69) is 13.2 Å². The number of hydrogen-bond acceptors (Lipinski definition) is 1. The number of phenols is 1. The van der Waals surface area contributed by atoms with Crippen LogP contribution in [0.3, 0.4) is 0 Å². The van der Waals surface area contributed by atoms with Gasteiger partial charge in [0.25, 0.3) is 0 Å². The summed E-state index contributed by atoms with van der Waals surface area (Å²) in [6.45, 7) is 8.02. The minimum Gasteiger partial charge on any atom is -0.508 e. The van der Waals surface area contributed by atoms with E-state index in [0.717, 1.165) is 12.0 Å². The van der Waals surface area contributed by atoms with Gasteiger partial charge in [-0.25, -0.2) is 0 Å². The van der Waals surface area contributed by atoms with Crippen molar-refractivity contribution in [3.05, 3.63) is 43.0 Å². The predicted octanol–water partition coefficient (Wildman–Crippen LogP) is 2.76. The second kappa shape index (κ2) is 5.54. The van der Waals surface area contributed by atoms with Crippen molar-refractivity contribution in [2.45, 2.75) is 13.3 Å². The molecule has 0 aliphatic carbocycles. The highest BCUT2D eigenvalue weighted by molar-refractivity contribution is 5.31. The third-order valence-corrected chi connectivity index (χ3v) is 1.37. The average molecular weight is 150 g/mol. The number of para-hydroxylation sites is 1. The molecule has 0 aromatic heterocycles. The molecule has 0 heterocycles. The van der Waals surface area contributed by atoms with Crippen LogP contribution < -0.4 is 0 Å². The van der Waals surface area contributed by atoms with Crippen LogP contribution >= 0.6 is 0 Å². The maximum atomic E-state index is 9.11. The molecule has 1 heteroatoms. The molecule has 0 radical (unpaired) electrons. The first-order valence-corrected chi connectivity index (χ1v) is 3.61. The number of aromatic hydroxyl groups is 1. The molecule has 0 fully saturated rings. The van der Waals surface area contributed by atoms with E-state index in [-0.39, 0.29) is 0 Å². The van der Waals surface area contributed by atoms with Crippen LogP contribution in [0.1, 0.15) is 12.5 Å². The number of phenolic OH excluding ortho intramolecular Hbond substituents is 1. The van der Waals surface area contributed by atoms with Gasteiger partial charge in [0.1, 0.15) is 5.75 Å². The molecule has 0 amide bonds. The Kier molecular flexibility index (Phi) is 4.91. The maximum Gasteiger partial charge on any atom is 0.118 e. The van der Waals surface area contributed by atoms with E-state index in [9.17, 15) is 0 Å². The summed E-state index contributed by atoms with van der Waals surface area (Å²) in [5, 5.41) is 9.11. The van der Waals surface area contributed by atoms with Crippen LogP contribution in [0.4, 0.5) is 0 Å². The number of rotatable bonds is 1. The smallest absolute Gasteiger partial charge is 0.118 e. The molecule has 0 saturated carbocycles. The molecule has 1 nitrogen and oxygen atoms in total. The largest absolute Gasteiger partial charge is 0.508 e. The number of hydrogen-bond donors (Lipinski definition) is 1. The monoisotopic (exact) mass is 150 g/mol. The van der Waals surface area contributed by atoms with Crippen molar-refractivity contribution in [3.63, 3.8) is 0 Å². The van der Waals surface area contributed by atoms with Crippen LogP contribution in [0.5, 0.6) is 5.75 Å². The standard InChI is InChI=1S/C8H10O.C2H4/c1-2-7-5-3-4-6-8(7)9;1-2/h3-6,9H,2H2,1H3;1-2H2. The fraction of sp³-hybridized carbons (Fsp3) is 0.200. The molecule has 0 atom stereocenters. The number of benzene rings is 1. The fourth-order valence-corrected chi connectivity index (χ4v) is 0.810. The molecule has 60 valence electrons. The molecule has 0 bridgehead atoms. The van der Waals surface area contributed by atoms with Gasteiger partial charge in [-0.05, 0) is 18.1 Å². The quantitative estimate of drug-likeness (QED) is 0.610. The summed E-state index contributed by atoms with van der Waals surface area (Å²) in [4.78, 5) is 0. The van der Waals surface area contributed by atoms with E-state index in [1.54, 1.807) is 6.07 Å². The van der Waals surface area contributed by atoms with Crippen LogP contribution in [0.15, 0.2) is 37.4 Å². The summed E-state index contributed by atoms with van der Waals surface area (Å²) >= 11 is 0. The molecule has 0 aliphatic rings. The van der Waals surface area contributed by atoms with Crippen molar-refractivity contribution in [2.24, 2.45) is 0 Å². The van der Waals surface area contributed by atoms with Crippen molar-refractivity contribution >= 4 is 0 Å². The van der Waals surface area contributed by atoms with E-state index < -0.39 is 0 Å². The van der Waals surface area contributed by atoms with Crippen molar-refractivity contribution in [2.75, 3.05) is 0 Å². The lowest BCUT2D eigenvalue weighted by Gasteiger charge is -1.97. The van der Waals surface area contributed by atoms with Gasteiger partial charge in [0.05, 0.1) is 0 Å². The van der Waals surface area contributed by atoms with E-state index in [1.165, 1.54) is 0 Å². The Labute approximate surface area is 68.0 Å². The summed E-state index contributed by atoms with van der Waals surface area (Å²) in [5.74, 6) is 0.403. The second-order valence-electron chi connectivity index (χ2n) is 1.98. The molecule has 1 aromatic carbocycles. The van der Waals surface area contributed by atoms with Crippen LogP contribution in [-0.2, 0) is 6.42 Å². The second-order valence-corrected chi connectivity index (χ2v) is 1.98. The SMILES string of the molecule is C=C.CCc1ccccc1O. The summed E-state index contributed by atoms with van der Waals surface area (Å²) < 4.78 is 0. The fourth-order valence-electron chi connectivity index (χ4n) is 0.810. The van der Waals surface area contributed by atoms with Gasteiger partial charge in [0.15, 0.2) is 0 Å². The third-order valence-electron chi connectivity index (χ3n) is 1.37. The van der Waals surface area contributed by atoms with E-state index in [0.29, 0.717) is 5.75 Å². The Morgan fingerprint density at radius 2 is 1.82 bits per heavy atom. The van der Waals surface area contributed by atoms with Gasteiger partial charge in [-0.1, -0.05) is 25.1 Å². The van der Waals surface area contributed by atoms with Crippen LogP contribution in [0.25, 0.3) is 0 Å². The Bertz CT molecular complexity index is 206. The van der Waals surface area contributed by atoms with Gasteiger partial charge in [-0.2, -0.15) is 0 Å². The molecule has 0 saturated heterocycles. The van der Waals surface area contributed by atoms with E-state index >= 15 is 0 Å². The normalized spacial score (nSPS) is 8.09. The lowest BCUT2D eigenvalue weighted by molar-refractivity contribution is 0.469. The van der Waals surface area contributed by atoms with Crippen LogP contribution in [-0.4, -0.2) is 5.11 Å². The van der Waals surface area contributed by atoms with E-state index in [4.69, 9.17) is 5.11 Å². The molecule has 0 unspecified atom stereocenters. The lowest BCUT2D eigenvalue weighted by Crippen LogP contribution is -1.77. The topological polar surface area (TPSA) is 20.2 Å². The van der Waals surface area contributed by atoms with Gasteiger partial charge in [-0.3, -0.25) is 0 Å². The molecular formula is C10H14O. The molecule has 1 N–H and O–H groups in total. The molecular weight excluding hydrogens is 136 g/mol. The highest BCUT2D eigenvalue weighted by atomic mass is 16.3. The zero-order valence-electron chi connectivity index (χ0n) is 6.88. The first-order chi connectivity index (χ1) is 5.34. The van der Waals surface area contributed by atoms with Gasteiger partial charge in [0, 0.05) is 0 Å². The molecule has 1 rings (SSSR count). The molecule has 0 spiro atoms. The van der Waals surface area contributed by atoms with Gasteiger partial charge in [-0.15, -0.1) is 13.2 Å². The zero-order valence-corrected chi connectivity index (χ0v) is 6.88. The Hall–Kier alpha value is -1.24. The van der Waals surface area contributed by atoms with Crippen molar-refractivity contribution in [3.8, 4) is 5.75 Å². The van der Waals surface area contributed by atoms with Crippen LogP contribution in [0.2, 0.25) is 0 Å². The van der Waals surface area contributed by atoms with Crippen LogP contribution in [0, 0.1) is 0 Å². The molecule has 11 heavy (non-hydrogen) atoms. The summed E-state index contributed by atoms with van der Waals surface area (Å²) in [6, 6.07) is 7.39. The zero-order chi connectivity index (χ0) is 8.69. The highest BCUT2D eigenvalue weighted by Gasteiger charge is 1.92. The molecule has 0 aliphatic heterocycles. The summed E-state index contributed by atoms with van der Waals surface area (Å²) in [7, 11) is 0. The maximum absolute atomic E-state index is 9.11. The van der Waals surface area contributed by atoms with Crippen molar-refractivity contribution in [1.82, 2.24) is 0 Å². The minimum atomic E-state index is 0.403. The Morgan fingerprint density at radius 3 is 2.18 bits per heavy atom. The van der Waals surface area contributed by atoms with Gasteiger partial charge >= 0.3 is 0 Å². The first-order valence-electron chi connectivity index (χ1n) is 3.61.